The quantitative estimate of drug-likeness (QED) is 0.867. The van der Waals surface area contributed by atoms with E-state index in [2.05, 4.69) is 41.9 Å². The van der Waals surface area contributed by atoms with Gasteiger partial charge in [-0.25, -0.2) is 0 Å². The lowest BCUT2D eigenvalue weighted by Gasteiger charge is -2.25. The highest BCUT2D eigenvalue weighted by molar-refractivity contribution is 7.80. The van der Waals surface area contributed by atoms with Gasteiger partial charge in [0.1, 0.15) is 10.7 Å². The topological polar surface area (TPSA) is 42.2 Å². The van der Waals surface area contributed by atoms with Crippen molar-refractivity contribution in [2.24, 2.45) is 5.73 Å². The van der Waals surface area contributed by atoms with Crippen LogP contribution in [-0.4, -0.2) is 16.5 Å². The van der Waals surface area contributed by atoms with Gasteiger partial charge in [0.25, 0.3) is 0 Å². The minimum atomic E-state index is 0.321. The monoisotopic (exact) mass is 271 g/mol. The van der Waals surface area contributed by atoms with E-state index in [9.17, 15) is 0 Å². The Morgan fingerprint density at radius 2 is 2.11 bits per heavy atom. The van der Waals surface area contributed by atoms with E-state index in [4.69, 9.17) is 18.0 Å². The first kappa shape index (κ1) is 13.5. The minimum absolute atomic E-state index is 0.321. The van der Waals surface area contributed by atoms with E-state index in [1.54, 1.807) is 6.20 Å². The molecule has 0 saturated heterocycles. The number of thiocarbonyl (C=S) groups is 1. The van der Waals surface area contributed by atoms with Crippen LogP contribution in [0.2, 0.25) is 0 Å². The predicted molar refractivity (Wildman–Crippen MR) is 84.0 cm³/mol. The molecule has 0 saturated carbocycles. The standard InChI is InChI=1S/C15H17N3S/c1-3-18(12-7-4-6-11(2)10-12)13-8-5-9-17-14(13)15(16)19/h4-10H,3H2,1-2H3,(H2,16,19). The van der Waals surface area contributed by atoms with Crippen molar-refractivity contribution < 1.29 is 0 Å². The average molecular weight is 271 g/mol. The van der Waals surface area contributed by atoms with E-state index in [1.165, 1.54) is 5.56 Å². The summed E-state index contributed by atoms with van der Waals surface area (Å²) in [4.78, 5) is 6.77. The van der Waals surface area contributed by atoms with Gasteiger partial charge in [-0.3, -0.25) is 4.98 Å². The molecular weight excluding hydrogens is 254 g/mol. The number of hydrogen-bond donors (Lipinski definition) is 1. The summed E-state index contributed by atoms with van der Waals surface area (Å²) in [7, 11) is 0. The molecule has 0 aliphatic heterocycles. The average Bonchev–Trinajstić information content (AvgIpc) is 2.40. The molecule has 0 fully saturated rings. The Hall–Kier alpha value is -1.94. The molecule has 0 unspecified atom stereocenters. The molecule has 1 heterocycles. The van der Waals surface area contributed by atoms with Gasteiger partial charge in [-0.05, 0) is 43.7 Å². The molecule has 4 heteroatoms. The third-order valence-corrected chi connectivity index (χ3v) is 3.13. The van der Waals surface area contributed by atoms with Crippen LogP contribution < -0.4 is 10.6 Å². The molecule has 0 atom stereocenters. The number of pyridine rings is 1. The Morgan fingerprint density at radius 3 is 2.74 bits per heavy atom. The molecule has 0 bridgehead atoms. The number of aryl methyl sites for hydroxylation is 1. The van der Waals surface area contributed by atoms with E-state index in [1.807, 2.05) is 18.2 Å². The van der Waals surface area contributed by atoms with Gasteiger partial charge >= 0.3 is 0 Å². The molecule has 1 aromatic carbocycles. The van der Waals surface area contributed by atoms with Crippen molar-refractivity contribution in [1.82, 2.24) is 4.98 Å². The summed E-state index contributed by atoms with van der Waals surface area (Å²) in [5.74, 6) is 0. The Bertz CT molecular complexity index is 595. The second kappa shape index (κ2) is 5.80. The van der Waals surface area contributed by atoms with E-state index < -0.39 is 0 Å². The summed E-state index contributed by atoms with van der Waals surface area (Å²) < 4.78 is 0. The highest BCUT2D eigenvalue weighted by atomic mass is 32.1. The molecule has 98 valence electrons. The fourth-order valence-electron chi connectivity index (χ4n) is 2.09. The molecule has 0 aliphatic rings. The fourth-order valence-corrected chi connectivity index (χ4v) is 2.25. The van der Waals surface area contributed by atoms with Gasteiger partial charge in [-0.15, -0.1) is 0 Å². The van der Waals surface area contributed by atoms with Crippen LogP contribution in [0, 0.1) is 6.92 Å². The van der Waals surface area contributed by atoms with Gasteiger partial charge in [0.2, 0.25) is 0 Å². The molecule has 0 radical (unpaired) electrons. The largest absolute Gasteiger partial charge is 0.388 e. The number of rotatable bonds is 4. The Labute approximate surface area is 119 Å². The van der Waals surface area contributed by atoms with Crippen LogP contribution in [-0.2, 0) is 0 Å². The highest BCUT2D eigenvalue weighted by Crippen LogP contribution is 2.27. The van der Waals surface area contributed by atoms with E-state index >= 15 is 0 Å². The zero-order valence-electron chi connectivity index (χ0n) is 11.1. The maximum Gasteiger partial charge on any atom is 0.124 e. The van der Waals surface area contributed by atoms with E-state index in [0.29, 0.717) is 10.7 Å². The second-order valence-electron chi connectivity index (χ2n) is 4.32. The van der Waals surface area contributed by atoms with Gasteiger partial charge in [0.05, 0.1) is 5.69 Å². The lowest BCUT2D eigenvalue weighted by molar-refractivity contribution is 1.01. The van der Waals surface area contributed by atoms with Gasteiger partial charge in [0, 0.05) is 18.4 Å². The minimum Gasteiger partial charge on any atom is -0.388 e. The van der Waals surface area contributed by atoms with Crippen molar-refractivity contribution in [3.8, 4) is 0 Å². The number of aromatic nitrogens is 1. The normalized spacial score (nSPS) is 10.2. The lowest BCUT2D eigenvalue weighted by atomic mass is 10.1. The van der Waals surface area contributed by atoms with Gasteiger partial charge in [0.15, 0.2) is 0 Å². The number of anilines is 2. The molecule has 2 N–H and O–H groups in total. The van der Waals surface area contributed by atoms with Gasteiger partial charge in [-0.2, -0.15) is 0 Å². The zero-order chi connectivity index (χ0) is 13.8. The number of benzene rings is 1. The van der Waals surface area contributed by atoms with Gasteiger partial charge < -0.3 is 10.6 Å². The molecule has 1 aromatic heterocycles. The summed E-state index contributed by atoms with van der Waals surface area (Å²) in [5.41, 5.74) is 9.71. The van der Waals surface area contributed by atoms with Crippen molar-refractivity contribution in [3.05, 3.63) is 53.9 Å². The zero-order valence-corrected chi connectivity index (χ0v) is 11.9. The van der Waals surface area contributed by atoms with Gasteiger partial charge in [-0.1, -0.05) is 24.4 Å². The van der Waals surface area contributed by atoms with Crippen molar-refractivity contribution in [2.75, 3.05) is 11.4 Å². The Morgan fingerprint density at radius 1 is 1.32 bits per heavy atom. The molecule has 0 aliphatic carbocycles. The summed E-state index contributed by atoms with van der Waals surface area (Å²) in [5, 5.41) is 0. The van der Waals surface area contributed by atoms with Crippen molar-refractivity contribution >= 4 is 28.6 Å². The van der Waals surface area contributed by atoms with E-state index in [0.717, 1.165) is 17.9 Å². The number of hydrogen-bond acceptors (Lipinski definition) is 3. The third-order valence-electron chi connectivity index (χ3n) is 2.94. The smallest absolute Gasteiger partial charge is 0.124 e. The molecule has 19 heavy (non-hydrogen) atoms. The first-order chi connectivity index (χ1) is 9.13. The molecule has 3 nitrogen and oxygen atoms in total. The maximum absolute atomic E-state index is 5.76. The number of nitrogens with two attached hydrogens (primary N) is 1. The van der Waals surface area contributed by atoms with Crippen molar-refractivity contribution in [3.63, 3.8) is 0 Å². The summed E-state index contributed by atoms with van der Waals surface area (Å²) >= 11 is 5.08. The van der Waals surface area contributed by atoms with Crippen LogP contribution in [0.5, 0.6) is 0 Å². The summed E-state index contributed by atoms with van der Waals surface area (Å²) in [6.45, 7) is 5.00. The summed E-state index contributed by atoms with van der Waals surface area (Å²) in [6.07, 6.45) is 1.71. The number of nitrogens with zero attached hydrogens (tertiary/aromatic N) is 2. The lowest BCUT2D eigenvalue weighted by Crippen LogP contribution is -2.22. The molecule has 0 spiro atoms. The highest BCUT2D eigenvalue weighted by Gasteiger charge is 2.14. The Balaban J connectivity index is 2.51. The van der Waals surface area contributed by atoms with Crippen LogP contribution in [0.1, 0.15) is 18.2 Å². The van der Waals surface area contributed by atoms with Crippen LogP contribution >= 0.6 is 12.2 Å². The van der Waals surface area contributed by atoms with Crippen LogP contribution in [0.25, 0.3) is 0 Å². The second-order valence-corrected chi connectivity index (χ2v) is 4.76. The fraction of sp³-hybridized carbons (Fsp3) is 0.200. The molecule has 2 aromatic rings. The predicted octanol–water partition coefficient (Wildman–Crippen LogP) is 3.18. The third kappa shape index (κ3) is 2.90. The molecule has 2 rings (SSSR count). The first-order valence-corrected chi connectivity index (χ1v) is 6.63. The Kier molecular flexibility index (Phi) is 4.12. The molecular formula is C15H17N3S. The van der Waals surface area contributed by atoms with Crippen molar-refractivity contribution in [2.45, 2.75) is 13.8 Å². The van der Waals surface area contributed by atoms with E-state index in [-0.39, 0.29) is 0 Å². The maximum atomic E-state index is 5.76. The van der Waals surface area contributed by atoms with Crippen LogP contribution in [0.4, 0.5) is 11.4 Å². The molecule has 0 amide bonds. The van der Waals surface area contributed by atoms with Crippen molar-refractivity contribution in [1.29, 1.82) is 0 Å². The van der Waals surface area contributed by atoms with Crippen LogP contribution in [0.15, 0.2) is 42.6 Å². The SMILES string of the molecule is CCN(c1cccc(C)c1)c1cccnc1C(N)=S. The van der Waals surface area contributed by atoms with Crippen LogP contribution in [0.3, 0.4) is 0 Å². The first-order valence-electron chi connectivity index (χ1n) is 6.22. The summed E-state index contributed by atoms with van der Waals surface area (Å²) in [6, 6.07) is 12.2.